The third-order valence-electron chi connectivity index (χ3n) is 2.62. The molecule has 1 atom stereocenters. The molecule has 0 N–H and O–H groups in total. The Balaban J connectivity index is 4.41. The first-order valence-electron chi connectivity index (χ1n) is 5.89. The third-order valence-corrected chi connectivity index (χ3v) is 2.62. The molecular formula is C14H27N. The van der Waals surface area contributed by atoms with Gasteiger partial charge < -0.3 is 0 Å². The average Bonchev–Trinajstić information content (AvgIpc) is 1.97. The molecule has 1 nitrogen and oxygen atoms in total. The van der Waals surface area contributed by atoms with Crippen molar-refractivity contribution in [1.82, 2.24) is 0 Å². The molecule has 0 aromatic heterocycles. The van der Waals surface area contributed by atoms with E-state index < -0.39 is 0 Å². The van der Waals surface area contributed by atoms with Crippen LogP contribution in [0.15, 0.2) is 0 Å². The van der Waals surface area contributed by atoms with Crippen molar-refractivity contribution < 1.29 is 0 Å². The first kappa shape index (κ1) is 14.5. The molecule has 0 saturated carbocycles. The Labute approximate surface area is 95.9 Å². The molecule has 0 aromatic rings. The summed E-state index contributed by atoms with van der Waals surface area (Å²) in [4.78, 5) is 0. The largest absolute Gasteiger partial charge is 0.198 e. The molecule has 15 heavy (non-hydrogen) atoms. The summed E-state index contributed by atoms with van der Waals surface area (Å²) >= 11 is 0. The van der Waals surface area contributed by atoms with E-state index in [4.69, 9.17) is 0 Å². The zero-order chi connectivity index (χ0) is 12.3. The molecule has 1 heteroatoms. The van der Waals surface area contributed by atoms with Crippen LogP contribution in [0.5, 0.6) is 0 Å². The summed E-state index contributed by atoms with van der Waals surface area (Å²) in [6.45, 7) is 15.4. The third kappa shape index (κ3) is 7.42. The van der Waals surface area contributed by atoms with Gasteiger partial charge in [-0.05, 0) is 37.0 Å². The van der Waals surface area contributed by atoms with Crippen LogP contribution in [-0.2, 0) is 0 Å². The van der Waals surface area contributed by atoms with Crippen LogP contribution in [0, 0.1) is 27.6 Å². The van der Waals surface area contributed by atoms with Gasteiger partial charge in [0, 0.05) is 0 Å². The van der Waals surface area contributed by atoms with Crippen molar-refractivity contribution in [2.45, 2.75) is 67.7 Å². The quantitative estimate of drug-likeness (QED) is 0.656. The topological polar surface area (TPSA) is 23.8 Å². The summed E-state index contributed by atoms with van der Waals surface area (Å²) in [5.41, 5.74) is 0.407. The molecule has 0 amide bonds. The zero-order valence-electron chi connectivity index (χ0n) is 11.6. The first-order chi connectivity index (χ1) is 6.47. The lowest BCUT2D eigenvalue weighted by Crippen LogP contribution is -2.24. The predicted octanol–water partition coefficient (Wildman–Crippen LogP) is 4.78. The van der Waals surface area contributed by atoms with Crippen molar-refractivity contribution in [3.63, 3.8) is 0 Å². The number of rotatable bonds is 3. The molecule has 1 unspecified atom stereocenters. The molecule has 0 bridgehead atoms. The van der Waals surface area contributed by atoms with Crippen LogP contribution in [0.4, 0.5) is 0 Å². The zero-order valence-corrected chi connectivity index (χ0v) is 11.6. The highest BCUT2D eigenvalue weighted by Gasteiger charge is 2.31. The standard InChI is InChI=1S/C14H27N/c1-12(2,3)8-9-14(7,11-15)10-13(4,5)6/h8-10H2,1-7H3. The lowest BCUT2D eigenvalue weighted by molar-refractivity contribution is 0.207. The number of hydrogen-bond donors (Lipinski definition) is 0. The van der Waals surface area contributed by atoms with Crippen molar-refractivity contribution in [2.75, 3.05) is 0 Å². The molecule has 0 saturated heterocycles. The minimum Gasteiger partial charge on any atom is -0.198 e. The Morgan fingerprint density at radius 1 is 0.800 bits per heavy atom. The molecule has 0 aliphatic carbocycles. The molecule has 88 valence electrons. The second kappa shape index (κ2) is 4.56. The van der Waals surface area contributed by atoms with Crippen LogP contribution >= 0.6 is 0 Å². The van der Waals surface area contributed by atoms with Crippen LogP contribution < -0.4 is 0 Å². The smallest absolute Gasteiger partial charge is 0.0687 e. The van der Waals surface area contributed by atoms with Crippen molar-refractivity contribution >= 4 is 0 Å². The molecule has 0 heterocycles. The monoisotopic (exact) mass is 209 g/mol. The fraction of sp³-hybridized carbons (Fsp3) is 0.929. The van der Waals surface area contributed by atoms with Crippen molar-refractivity contribution in [3.05, 3.63) is 0 Å². The maximum atomic E-state index is 9.30. The van der Waals surface area contributed by atoms with Gasteiger partial charge in [-0.3, -0.25) is 0 Å². The van der Waals surface area contributed by atoms with Gasteiger partial charge in [0.2, 0.25) is 0 Å². The molecule has 0 radical (unpaired) electrons. The lowest BCUT2D eigenvalue weighted by Gasteiger charge is -2.32. The number of nitriles is 1. The van der Waals surface area contributed by atoms with Gasteiger partial charge in [-0.2, -0.15) is 5.26 Å². The van der Waals surface area contributed by atoms with Crippen LogP contribution in [0.3, 0.4) is 0 Å². The van der Waals surface area contributed by atoms with E-state index in [2.05, 4.69) is 54.5 Å². The number of nitrogens with zero attached hydrogens (tertiary/aromatic N) is 1. The second-order valence-electron chi connectivity index (χ2n) is 7.47. The Morgan fingerprint density at radius 2 is 1.27 bits per heavy atom. The fourth-order valence-electron chi connectivity index (χ4n) is 2.01. The van der Waals surface area contributed by atoms with E-state index in [-0.39, 0.29) is 10.8 Å². The van der Waals surface area contributed by atoms with Gasteiger partial charge in [0.1, 0.15) is 0 Å². The molecule has 0 fully saturated rings. The van der Waals surface area contributed by atoms with Gasteiger partial charge in [-0.15, -0.1) is 0 Å². The average molecular weight is 209 g/mol. The summed E-state index contributed by atoms with van der Waals surface area (Å²) in [6, 6.07) is 2.51. The summed E-state index contributed by atoms with van der Waals surface area (Å²) in [5.74, 6) is 0. The van der Waals surface area contributed by atoms with Gasteiger partial charge in [-0.1, -0.05) is 41.5 Å². The Morgan fingerprint density at radius 3 is 1.53 bits per heavy atom. The highest BCUT2D eigenvalue weighted by atomic mass is 14.4. The van der Waals surface area contributed by atoms with Crippen LogP contribution in [0.1, 0.15) is 67.7 Å². The fourth-order valence-corrected chi connectivity index (χ4v) is 2.01. The maximum absolute atomic E-state index is 9.30. The minimum absolute atomic E-state index is 0.161. The first-order valence-corrected chi connectivity index (χ1v) is 5.89. The van der Waals surface area contributed by atoms with E-state index in [1.165, 1.54) is 0 Å². The van der Waals surface area contributed by atoms with Gasteiger partial charge >= 0.3 is 0 Å². The van der Waals surface area contributed by atoms with Gasteiger partial charge in [-0.25, -0.2) is 0 Å². The summed E-state index contributed by atoms with van der Waals surface area (Å²) in [5, 5.41) is 9.30. The van der Waals surface area contributed by atoms with Gasteiger partial charge in [0.05, 0.1) is 11.5 Å². The SMILES string of the molecule is CC(C)(C)CCC(C)(C#N)CC(C)(C)C. The van der Waals surface area contributed by atoms with Crippen molar-refractivity contribution in [1.29, 1.82) is 5.26 Å². The highest BCUT2D eigenvalue weighted by Crippen LogP contribution is 2.39. The van der Waals surface area contributed by atoms with E-state index in [1.807, 2.05) is 0 Å². The molecular weight excluding hydrogens is 182 g/mol. The van der Waals surface area contributed by atoms with E-state index in [0.29, 0.717) is 5.41 Å². The Hall–Kier alpha value is -0.510. The molecule has 0 aliphatic heterocycles. The van der Waals surface area contributed by atoms with Crippen LogP contribution in [0.25, 0.3) is 0 Å². The predicted molar refractivity (Wildman–Crippen MR) is 66.5 cm³/mol. The van der Waals surface area contributed by atoms with E-state index in [9.17, 15) is 5.26 Å². The maximum Gasteiger partial charge on any atom is 0.0687 e. The molecule has 0 rings (SSSR count). The molecule has 0 aromatic carbocycles. The Kier molecular flexibility index (Phi) is 4.40. The Bertz CT molecular complexity index is 234. The van der Waals surface area contributed by atoms with Crippen LogP contribution in [-0.4, -0.2) is 0 Å². The lowest BCUT2D eigenvalue weighted by atomic mass is 9.71. The summed E-state index contributed by atoms with van der Waals surface area (Å²) in [6.07, 6.45) is 3.10. The van der Waals surface area contributed by atoms with Gasteiger partial charge in [0.15, 0.2) is 0 Å². The van der Waals surface area contributed by atoms with E-state index in [0.717, 1.165) is 19.3 Å². The van der Waals surface area contributed by atoms with E-state index in [1.54, 1.807) is 0 Å². The normalized spacial score (nSPS) is 16.9. The summed E-state index contributed by atoms with van der Waals surface area (Å²) < 4.78 is 0. The molecule has 0 aliphatic rings. The van der Waals surface area contributed by atoms with Crippen molar-refractivity contribution in [3.8, 4) is 6.07 Å². The number of hydrogen-bond acceptors (Lipinski definition) is 1. The van der Waals surface area contributed by atoms with Crippen LogP contribution in [0.2, 0.25) is 0 Å². The summed E-state index contributed by atoms with van der Waals surface area (Å²) in [7, 11) is 0. The van der Waals surface area contributed by atoms with Crippen molar-refractivity contribution in [2.24, 2.45) is 16.2 Å². The highest BCUT2D eigenvalue weighted by molar-refractivity contribution is 4.98. The minimum atomic E-state index is -0.161. The molecule has 0 spiro atoms. The van der Waals surface area contributed by atoms with Gasteiger partial charge in [0.25, 0.3) is 0 Å². The van der Waals surface area contributed by atoms with E-state index >= 15 is 0 Å². The second-order valence-corrected chi connectivity index (χ2v) is 7.47.